The number of thiazole rings is 1. The number of benzene rings is 1. The molecule has 0 N–H and O–H groups in total. The smallest absolute Gasteiger partial charge is 0.353 e. The van der Waals surface area contributed by atoms with Crippen molar-refractivity contribution in [2.24, 2.45) is 0 Å². The SMILES string of the molecule is COc1ccc(-c2nc(N(C)C)sc2[N+](=O)[O-])cc1. The molecule has 2 rings (SSSR count). The highest BCUT2D eigenvalue weighted by molar-refractivity contribution is 7.19. The zero-order valence-electron chi connectivity index (χ0n) is 10.8. The van der Waals surface area contributed by atoms with Crippen molar-refractivity contribution in [3.63, 3.8) is 0 Å². The average molecular weight is 279 g/mol. The zero-order chi connectivity index (χ0) is 14.0. The van der Waals surface area contributed by atoms with Gasteiger partial charge >= 0.3 is 5.00 Å². The van der Waals surface area contributed by atoms with E-state index in [0.29, 0.717) is 22.1 Å². The first kappa shape index (κ1) is 13.3. The lowest BCUT2D eigenvalue weighted by atomic mass is 10.1. The molecule has 0 radical (unpaired) electrons. The van der Waals surface area contributed by atoms with E-state index in [1.54, 1.807) is 50.4 Å². The molecule has 0 atom stereocenters. The lowest BCUT2D eigenvalue weighted by molar-refractivity contribution is -0.379. The van der Waals surface area contributed by atoms with Crippen LogP contribution in [0.25, 0.3) is 11.3 Å². The third kappa shape index (κ3) is 2.65. The van der Waals surface area contributed by atoms with Crippen LogP contribution in [0.4, 0.5) is 10.1 Å². The number of aromatic nitrogens is 1. The molecule has 19 heavy (non-hydrogen) atoms. The molecular formula is C12H13N3O3S. The molecule has 0 saturated carbocycles. The standard InChI is InChI=1S/C12H13N3O3S/c1-14(2)12-13-10(11(19-12)15(16)17)8-4-6-9(18-3)7-5-8/h4-7H,1-3H3. The van der Waals surface area contributed by atoms with Crippen LogP contribution in [0.5, 0.6) is 5.75 Å². The van der Waals surface area contributed by atoms with Gasteiger partial charge < -0.3 is 9.64 Å². The van der Waals surface area contributed by atoms with E-state index in [1.807, 2.05) is 0 Å². The number of nitro groups is 1. The predicted octanol–water partition coefficient (Wildman–Crippen LogP) is 2.79. The highest BCUT2D eigenvalue weighted by Crippen LogP contribution is 2.38. The Morgan fingerprint density at radius 1 is 1.32 bits per heavy atom. The van der Waals surface area contributed by atoms with Crippen molar-refractivity contribution in [2.75, 3.05) is 26.1 Å². The van der Waals surface area contributed by atoms with Gasteiger partial charge in [-0.1, -0.05) is 0 Å². The minimum absolute atomic E-state index is 0.0499. The third-order valence-corrected chi connectivity index (χ3v) is 3.68. The third-order valence-electron chi connectivity index (χ3n) is 2.51. The molecular weight excluding hydrogens is 266 g/mol. The maximum absolute atomic E-state index is 11.1. The van der Waals surface area contributed by atoms with E-state index in [-0.39, 0.29) is 5.00 Å². The monoisotopic (exact) mass is 279 g/mol. The molecule has 0 aliphatic rings. The molecule has 100 valence electrons. The van der Waals surface area contributed by atoms with Crippen LogP contribution in [-0.4, -0.2) is 31.1 Å². The van der Waals surface area contributed by atoms with Crippen LogP contribution in [0.2, 0.25) is 0 Å². The number of rotatable bonds is 4. The normalized spacial score (nSPS) is 10.3. The minimum atomic E-state index is -0.399. The summed E-state index contributed by atoms with van der Waals surface area (Å²) < 4.78 is 5.07. The van der Waals surface area contributed by atoms with E-state index in [0.717, 1.165) is 11.3 Å². The lowest BCUT2D eigenvalue weighted by Crippen LogP contribution is -2.07. The summed E-state index contributed by atoms with van der Waals surface area (Å²) in [4.78, 5) is 16.8. The van der Waals surface area contributed by atoms with Crippen LogP contribution in [-0.2, 0) is 0 Å². The van der Waals surface area contributed by atoms with E-state index in [1.165, 1.54) is 0 Å². The molecule has 0 amide bonds. The van der Waals surface area contributed by atoms with Crippen molar-refractivity contribution >= 4 is 21.5 Å². The highest BCUT2D eigenvalue weighted by atomic mass is 32.1. The van der Waals surface area contributed by atoms with Gasteiger partial charge in [0.15, 0.2) is 10.8 Å². The molecule has 1 heterocycles. The Morgan fingerprint density at radius 2 is 1.95 bits per heavy atom. The van der Waals surface area contributed by atoms with Crippen molar-refractivity contribution in [1.82, 2.24) is 4.98 Å². The first-order valence-electron chi connectivity index (χ1n) is 5.50. The van der Waals surface area contributed by atoms with Crippen LogP contribution in [0, 0.1) is 10.1 Å². The van der Waals surface area contributed by atoms with Crippen molar-refractivity contribution in [3.8, 4) is 17.0 Å². The number of hydrogen-bond acceptors (Lipinski definition) is 6. The molecule has 0 saturated heterocycles. The molecule has 0 aliphatic carbocycles. The molecule has 6 nitrogen and oxygen atoms in total. The Hall–Kier alpha value is -2.15. The van der Waals surface area contributed by atoms with Crippen molar-refractivity contribution in [1.29, 1.82) is 0 Å². The summed E-state index contributed by atoms with van der Waals surface area (Å²) in [5.74, 6) is 0.703. The van der Waals surface area contributed by atoms with Gasteiger partial charge in [-0.3, -0.25) is 10.1 Å². The Kier molecular flexibility index (Phi) is 3.66. The maximum Gasteiger partial charge on any atom is 0.353 e. The fourth-order valence-corrected chi connectivity index (χ4v) is 2.38. The number of ether oxygens (including phenoxy) is 1. The summed E-state index contributed by atoms with van der Waals surface area (Å²) in [7, 11) is 5.19. The molecule has 7 heteroatoms. The molecule has 0 aliphatic heterocycles. The lowest BCUT2D eigenvalue weighted by Gasteiger charge is -2.04. The number of nitrogens with zero attached hydrogens (tertiary/aromatic N) is 3. The summed E-state index contributed by atoms with van der Waals surface area (Å²) in [6, 6.07) is 7.04. The van der Waals surface area contributed by atoms with Crippen LogP contribution in [0.15, 0.2) is 24.3 Å². The van der Waals surface area contributed by atoms with Crippen molar-refractivity contribution in [2.45, 2.75) is 0 Å². The van der Waals surface area contributed by atoms with Crippen molar-refractivity contribution < 1.29 is 9.66 Å². The second-order valence-electron chi connectivity index (χ2n) is 4.03. The van der Waals surface area contributed by atoms with E-state index in [9.17, 15) is 10.1 Å². The summed E-state index contributed by atoms with van der Waals surface area (Å²) in [6.07, 6.45) is 0. The van der Waals surface area contributed by atoms with Crippen LogP contribution in [0.3, 0.4) is 0 Å². The van der Waals surface area contributed by atoms with Gasteiger partial charge in [0.2, 0.25) is 0 Å². The summed E-state index contributed by atoms with van der Waals surface area (Å²) in [6.45, 7) is 0. The molecule has 0 fully saturated rings. The molecule has 0 spiro atoms. The molecule has 0 unspecified atom stereocenters. The Balaban J connectivity index is 2.49. The van der Waals surface area contributed by atoms with Gasteiger partial charge in [-0.25, -0.2) is 4.98 Å². The van der Waals surface area contributed by atoms with Gasteiger partial charge in [-0.2, -0.15) is 0 Å². The Bertz CT molecular complexity index is 593. The highest BCUT2D eigenvalue weighted by Gasteiger charge is 2.23. The van der Waals surface area contributed by atoms with E-state index in [2.05, 4.69) is 4.98 Å². The van der Waals surface area contributed by atoms with Gasteiger partial charge in [0, 0.05) is 19.7 Å². The van der Waals surface area contributed by atoms with E-state index in [4.69, 9.17) is 4.74 Å². The van der Waals surface area contributed by atoms with Crippen LogP contribution < -0.4 is 9.64 Å². The average Bonchev–Trinajstić information content (AvgIpc) is 2.84. The Labute approximate surface area is 114 Å². The second kappa shape index (κ2) is 5.23. The van der Waals surface area contributed by atoms with Crippen LogP contribution >= 0.6 is 11.3 Å². The van der Waals surface area contributed by atoms with Crippen molar-refractivity contribution in [3.05, 3.63) is 34.4 Å². The quantitative estimate of drug-likeness (QED) is 0.636. The molecule has 2 aromatic rings. The fraction of sp³-hybridized carbons (Fsp3) is 0.250. The second-order valence-corrected chi connectivity index (χ2v) is 4.99. The topological polar surface area (TPSA) is 68.5 Å². The predicted molar refractivity (Wildman–Crippen MR) is 75.1 cm³/mol. The molecule has 1 aromatic heterocycles. The zero-order valence-corrected chi connectivity index (χ0v) is 11.6. The molecule has 0 bridgehead atoms. The van der Waals surface area contributed by atoms with Gasteiger partial charge in [-0.15, -0.1) is 0 Å². The van der Waals surface area contributed by atoms with E-state index >= 15 is 0 Å². The van der Waals surface area contributed by atoms with Crippen LogP contribution in [0.1, 0.15) is 0 Å². The maximum atomic E-state index is 11.1. The minimum Gasteiger partial charge on any atom is -0.497 e. The van der Waals surface area contributed by atoms with Gasteiger partial charge in [0.05, 0.1) is 12.0 Å². The number of methoxy groups -OCH3 is 1. The summed E-state index contributed by atoms with van der Waals surface area (Å²) in [5.41, 5.74) is 1.10. The summed E-state index contributed by atoms with van der Waals surface area (Å²) in [5, 5.41) is 11.7. The fourth-order valence-electron chi connectivity index (χ4n) is 1.55. The first-order chi connectivity index (χ1) is 9.02. The number of anilines is 1. The molecule has 1 aromatic carbocycles. The largest absolute Gasteiger partial charge is 0.497 e. The first-order valence-corrected chi connectivity index (χ1v) is 6.31. The van der Waals surface area contributed by atoms with Gasteiger partial charge in [-0.05, 0) is 35.6 Å². The van der Waals surface area contributed by atoms with Gasteiger partial charge in [0.25, 0.3) is 0 Å². The van der Waals surface area contributed by atoms with E-state index < -0.39 is 4.92 Å². The Morgan fingerprint density at radius 3 is 2.42 bits per heavy atom. The summed E-state index contributed by atoms with van der Waals surface area (Å²) >= 11 is 1.06. The van der Waals surface area contributed by atoms with Gasteiger partial charge in [0.1, 0.15) is 5.75 Å². The number of hydrogen-bond donors (Lipinski definition) is 0.